The number of amides is 2. The Kier molecular flexibility index (Phi) is 6.70. The number of hydrogen-bond donors (Lipinski definition) is 2. The minimum atomic E-state index is -0.0233. The van der Waals surface area contributed by atoms with Crippen LogP contribution in [0, 0.1) is 0 Å². The van der Waals surface area contributed by atoms with Gasteiger partial charge in [-0.2, -0.15) is 0 Å². The topological polar surface area (TPSA) is 41.1 Å². The number of rotatable bonds is 6. The smallest absolute Gasteiger partial charge is 0.314 e. The number of carbonyl (C=O) groups excluding carboxylic acids is 1. The van der Waals surface area contributed by atoms with Gasteiger partial charge in [-0.3, -0.25) is 0 Å². The second kappa shape index (κ2) is 8.20. The third-order valence-corrected chi connectivity index (χ3v) is 2.93. The first-order valence-corrected chi connectivity index (χ1v) is 6.52. The molecule has 0 saturated heterocycles. The first-order chi connectivity index (χ1) is 7.83. The molecule has 0 atom stereocenters. The van der Waals surface area contributed by atoms with Crippen molar-refractivity contribution in [1.29, 1.82) is 0 Å². The highest BCUT2D eigenvalue weighted by Gasteiger charge is 2.04. The van der Waals surface area contributed by atoms with Gasteiger partial charge in [-0.25, -0.2) is 4.79 Å². The summed E-state index contributed by atoms with van der Waals surface area (Å²) in [6, 6.07) is -0.0233. The number of carbonyl (C=O) groups is 1. The van der Waals surface area contributed by atoms with Gasteiger partial charge in [-0.05, 0) is 38.5 Å². The predicted octanol–water partition coefficient (Wildman–Crippen LogP) is 2.98. The Balaban J connectivity index is 2.01. The molecule has 0 heterocycles. The van der Waals surface area contributed by atoms with Gasteiger partial charge in [0, 0.05) is 13.1 Å². The number of nitrogens with one attached hydrogen (secondary N) is 2. The third kappa shape index (κ3) is 5.79. The van der Waals surface area contributed by atoms with Gasteiger partial charge in [0.2, 0.25) is 0 Å². The lowest BCUT2D eigenvalue weighted by molar-refractivity contribution is 0.241. The molecule has 1 aliphatic rings. The Morgan fingerprint density at radius 3 is 2.81 bits per heavy atom. The molecule has 0 aromatic rings. The van der Waals surface area contributed by atoms with Crippen LogP contribution < -0.4 is 10.6 Å². The monoisotopic (exact) mass is 224 g/mol. The Bertz CT molecular complexity index is 236. The molecular weight excluding hydrogens is 200 g/mol. The van der Waals surface area contributed by atoms with Crippen LogP contribution in [-0.4, -0.2) is 19.1 Å². The molecule has 2 N–H and O–H groups in total. The minimum absolute atomic E-state index is 0.0233. The van der Waals surface area contributed by atoms with Crippen LogP contribution in [0.5, 0.6) is 0 Å². The molecule has 0 radical (unpaired) electrons. The lowest BCUT2D eigenvalue weighted by Crippen LogP contribution is -2.36. The summed E-state index contributed by atoms with van der Waals surface area (Å²) < 4.78 is 0. The van der Waals surface area contributed by atoms with Crippen LogP contribution in [-0.2, 0) is 0 Å². The van der Waals surface area contributed by atoms with Crippen molar-refractivity contribution < 1.29 is 4.79 Å². The van der Waals surface area contributed by atoms with Gasteiger partial charge in [-0.15, -0.1) is 0 Å². The van der Waals surface area contributed by atoms with Gasteiger partial charge < -0.3 is 10.6 Å². The van der Waals surface area contributed by atoms with Gasteiger partial charge in [0.1, 0.15) is 0 Å². The van der Waals surface area contributed by atoms with E-state index < -0.39 is 0 Å². The Labute approximate surface area is 98.7 Å². The molecule has 0 aliphatic heterocycles. The van der Waals surface area contributed by atoms with Gasteiger partial charge in [0.05, 0.1) is 0 Å². The Morgan fingerprint density at radius 1 is 1.31 bits per heavy atom. The summed E-state index contributed by atoms with van der Waals surface area (Å²) in [6.07, 6.45) is 10.6. The zero-order valence-electron chi connectivity index (χ0n) is 10.3. The zero-order chi connectivity index (χ0) is 11.6. The molecule has 16 heavy (non-hydrogen) atoms. The van der Waals surface area contributed by atoms with Gasteiger partial charge >= 0.3 is 6.03 Å². The van der Waals surface area contributed by atoms with Crippen molar-refractivity contribution in [3.8, 4) is 0 Å². The second-order valence-electron chi connectivity index (χ2n) is 4.39. The molecule has 3 nitrogen and oxygen atoms in total. The maximum Gasteiger partial charge on any atom is 0.314 e. The summed E-state index contributed by atoms with van der Waals surface area (Å²) in [5.41, 5.74) is 1.51. The van der Waals surface area contributed by atoms with Crippen molar-refractivity contribution >= 4 is 6.03 Å². The van der Waals surface area contributed by atoms with Crippen molar-refractivity contribution in [3.05, 3.63) is 11.6 Å². The van der Waals surface area contributed by atoms with Gasteiger partial charge in [-0.1, -0.05) is 25.0 Å². The Hall–Kier alpha value is -0.990. The first kappa shape index (κ1) is 13.1. The zero-order valence-corrected chi connectivity index (χ0v) is 10.3. The molecule has 2 amide bonds. The molecular formula is C13H24N2O. The van der Waals surface area contributed by atoms with Crippen LogP contribution in [0.4, 0.5) is 4.79 Å². The standard InChI is InChI=1S/C13H24N2O/c1-2-3-10-14-13(16)15-11-9-12-7-5-4-6-8-12/h7H,2-6,8-11H2,1H3,(H2,14,15,16). The molecule has 1 aliphatic carbocycles. The molecule has 0 saturated carbocycles. The van der Waals surface area contributed by atoms with Crippen LogP contribution in [0.3, 0.4) is 0 Å². The van der Waals surface area contributed by atoms with E-state index in [1.807, 2.05) is 0 Å². The third-order valence-electron chi connectivity index (χ3n) is 2.93. The summed E-state index contributed by atoms with van der Waals surface area (Å²) >= 11 is 0. The number of hydrogen-bond acceptors (Lipinski definition) is 1. The lowest BCUT2D eigenvalue weighted by atomic mass is 9.97. The number of unbranched alkanes of at least 4 members (excludes halogenated alkanes) is 1. The molecule has 0 aromatic carbocycles. The number of urea groups is 1. The van der Waals surface area contributed by atoms with Crippen LogP contribution >= 0.6 is 0 Å². The fourth-order valence-electron chi connectivity index (χ4n) is 1.91. The van der Waals surface area contributed by atoms with E-state index in [1.54, 1.807) is 0 Å². The molecule has 92 valence electrons. The van der Waals surface area contributed by atoms with E-state index in [-0.39, 0.29) is 6.03 Å². The van der Waals surface area contributed by atoms with Crippen LogP contribution in [0.25, 0.3) is 0 Å². The largest absolute Gasteiger partial charge is 0.338 e. The van der Waals surface area contributed by atoms with E-state index in [9.17, 15) is 4.79 Å². The molecule has 0 bridgehead atoms. The lowest BCUT2D eigenvalue weighted by Gasteiger charge is -2.13. The van der Waals surface area contributed by atoms with Gasteiger partial charge in [0.25, 0.3) is 0 Å². The average Bonchev–Trinajstić information content (AvgIpc) is 2.31. The summed E-state index contributed by atoms with van der Waals surface area (Å²) in [6.45, 7) is 3.67. The molecule has 3 heteroatoms. The summed E-state index contributed by atoms with van der Waals surface area (Å²) in [5, 5.41) is 5.75. The SMILES string of the molecule is CCCCNC(=O)NCCC1=CCCCC1. The van der Waals surface area contributed by atoms with Crippen molar-refractivity contribution in [1.82, 2.24) is 10.6 Å². The van der Waals surface area contributed by atoms with E-state index in [4.69, 9.17) is 0 Å². The summed E-state index contributed by atoms with van der Waals surface area (Å²) in [4.78, 5) is 11.3. The molecule has 0 spiro atoms. The highest BCUT2D eigenvalue weighted by atomic mass is 16.2. The average molecular weight is 224 g/mol. The van der Waals surface area contributed by atoms with Crippen LogP contribution in [0.2, 0.25) is 0 Å². The fraction of sp³-hybridized carbons (Fsp3) is 0.769. The van der Waals surface area contributed by atoms with E-state index >= 15 is 0 Å². The second-order valence-corrected chi connectivity index (χ2v) is 4.39. The predicted molar refractivity (Wildman–Crippen MR) is 67.5 cm³/mol. The fourth-order valence-corrected chi connectivity index (χ4v) is 1.91. The normalized spacial score (nSPS) is 15.4. The van der Waals surface area contributed by atoms with Gasteiger partial charge in [0.15, 0.2) is 0 Å². The van der Waals surface area contributed by atoms with Crippen LogP contribution in [0.15, 0.2) is 11.6 Å². The maximum atomic E-state index is 11.3. The van der Waals surface area contributed by atoms with Crippen LogP contribution in [0.1, 0.15) is 51.9 Å². The van der Waals surface area contributed by atoms with E-state index in [0.717, 1.165) is 32.4 Å². The molecule has 0 unspecified atom stereocenters. The number of allylic oxidation sites excluding steroid dienone is 1. The van der Waals surface area contributed by atoms with Crippen molar-refractivity contribution in [2.75, 3.05) is 13.1 Å². The van der Waals surface area contributed by atoms with Crippen molar-refractivity contribution in [2.24, 2.45) is 0 Å². The first-order valence-electron chi connectivity index (χ1n) is 6.52. The highest BCUT2D eigenvalue weighted by molar-refractivity contribution is 5.73. The molecule has 0 fully saturated rings. The maximum absolute atomic E-state index is 11.3. The van der Waals surface area contributed by atoms with E-state index in [1.165, 1.54) is 31.3 Å². The Morgan fingerprint density at radius 2 is 2.12 bits per heavy atom. The van der Waals surface area contributed by atoms with Crippen molar-refractivity contribution in [3.63, 3.8) is 0 Å². The minimum Gasteiger partial charge on any atom is -0.338 e. The van der Waals surface area contributed by atoms with Crippen molar-refractivity contribution in [2.45, 2.75) is 51.9 Å². The quantitative estimate of drug-likeness (QED) is 0.528. The van der Waals surface area contributed by atoms with E-state index in [2.05, 4.69) is 23.6 Å². The molecule has 0 aromatic heterocycles. The highest BCUT2D eigenvalue weighted by Crippen LogP contribution is 2.19. The summed E-state index contributed by atoms with van der Waals surface area (Å²) in [7, 11) is 0. The van der Waals surface area contributed by atoms with E-state index in [0.29, 0.717) is 0 Å². The summed E-state index contributed by atoms with van der Waals surface area (Å²) in [5.74, 6) is 0. The molecule has 1 rings (SSSR count).